The normalized spacial score (nSPS) is 18.9. The van der Waals surface area contributed by atoms with Crippen LogP contribution < -0.4 is 0 Å². The highest BCUT2D eigenvalue weighted by Crippen LogP contribution is 2.63. The second-order valence-corrected chi connectivity index (χ2v) is 11.1. The summed E-state index contributed by atoms with van der Waals surface area (Å²) in [5.74, 6) is -0.342. The van der Waals surface area contributed by atoms with Crippen LogP contribution in [0.5, 0.6) is 0 Å². The quantitative estimate of drug-likeness (QED) is 0.227. The van der Waals surface area contributed by atoms with Gasteiger partial charge in [-0.25, -0.2) is 4.39 Å². The van der Waals surface area contributed by atoms with Crippen molar-refractivity contribution in [3.05, 3.63) is 63.5 Å². The Morgan fingerprint density at radius 2 is 1.67 bits per heavy atom. The van der Waals surface area contributed by atoms with Gasteiger partial charge in [-0.15, -0.1) is 0 Å². The van der Waals surface area contributed by atoms with Crippen LogP contribution in [0.3, 0.4) is 0 Å². The predicted molar refractivity (Wildman–Crippen MR) is 106 cm³/mol. The molecule has 0 radical (unpaired) electrons. The van der Waals surface area contributed by atoms with Crippen molar-refractivity contribution in [3.8, 4) is 5.69 Å². The maximum atomic E-state index is 13.9. The van der Waals surface area contributed by atoms with Crippen molar-refractivity contribution in [2.45, 2.75) is 21.7 Å². The number of fused-ring (bicyclic) bond motifs is 1. The molecule has 27 heavy (non-hydrogen) atoms. The van der Waals surface area contributed by atoms with Gasteiger partial charge in [0, 0.05) is 17.5 Å². The lowest BCUT2D eigenvalue weighted by molar-refractivity contribution is -0.137. The molecule has 4 rings (SSSR count). The van der Waals surface area contributed by atoms with Crippen LogP contribution in [0.4, 0.5) is 17.6 Å². The molecule has 9 heteroatoms. The van der Waals surface area contributed by atoms with E-state index >= 15 is 0 Å². The van der Waals surface area contributed by atoms with Crippen molar-refractivity contribution in [3.63, 3.8) is 0 Å². The van der Waals surface area contributed by atoms with Crippen molar-refractivity contribution >= 4 is 66.0 Å². The van der Waals surface area contributed by atoms with Gasteiger partial charge < -0.3 is 4.57 Å². The van der Waals surface area contributed by atoms with Crippen LogP contribution in [-0.4, -0.2) is 7.80 Å². The monoisotopic (exact) mass is 543 g/mol. The van der Waals surface area contributed by atoms with Gasteiger partial charge in [0.15, 0.2) is 0 Å². The largest absolute Gasteiger partial charge is 0.416 e. The SMILES string of the molecule is Fc1ccc2c(C3CC3(Br)Br)cn(-c3c(Cl)cc(C(F)(F)F)cc3Cl)c2c1. The molecule has 1 heterocycles. The maximum Gasteiger partial charge on any atom is 0.416 e. The van der Waals surface area contributed by atoms with Crippen molar-refractivity contribution in [2.75, 3.05) is 0 Å². The first kappa shape index (κ1) is 19.6. The zero-order valence-electron chi connectivity index (χ0n) is 13.2. The summed E-state index contributed by atoms with van der Waals surface area (Å²) >= 11 is 19.5. The lowest BCUT2D eigenvalue weighted by Gasteiger charge is -2.14. The van der Waals surface area contributed by atoms with Gasteiger partial charge in [0.25, 0.3) is 0 Å². The summed E-state index contributed by atoms with van der Waals surface area (Å²) in [6, 6.07) is 5.96. The van der Waals surface area contributed by atoms with Gasteiger partial charge in [0.05, 0.1) is 30.0 Å². The molecule has 1 unspecified atom stereocenters. The van der Waals surface area contributed by atoms with E-state index in [4.69, 9.17) is 23.2 Å². The van der Waals surface area contributed by atoms with E-state index in [1.165, 1.54) is 12.1 Å². The molecule has 0 spiro atoms. The first-order valence-electron chi connectivity index (χ1n) is 7.74. The van der Waals surface area contributed by atoms with E-state index in [9.17, 15) is 17.6 Å². The summed E-state index contributed by atoms with van der Waals surface area (Å²) < 4.78 is 54.2. The predicted octanol–water partition coefficient (Wildman–Crippen LogP) is 8.07. The fraction of sp³-hybridized carbons (Fsp3) is 0.222. The molecular formula is C18H9Br2Cl2F4N. The molecule has 142 valence electrons. The van der Waals surface area contributed by atoms with Gasteiger partial charge in [-0.2, -0.15) is 13.2 Å². The lowest BCUT2D eigenvalue weighted by Crippen LogP contribution is -2.06. The molecular weight excluding hydrogens is 537 g/mol. The third-order valence-electron chi connectivity index (χ3n) is 4.59. The molecule has 1 aliphatic rings. The molecule has 1 nitrogen and oxygen atoms in total. The number of alkyl halides is 5. The van der Waals surface area contributed by atoms with Crippen LogP contribution in [-0.2, 0) is 6.18 Å². The van der Waals surface area contributed by atoms with E-state index in [0.29, 0.717) is 5.52 Å². The van der Waals surface area contributed by atoms with Gasteiger partial charge in [0.1, 0.15) is 5.82 Å². The maximum absolute atomic E-state index is 13.9. The number of halogens is 8. The molecule has 0 bridgehead atoms. The highest BCUT2D eigenvalue weighted by atomic mass is 79.9. The molecule has 2 aromatic carbocycles. The average molecular weight is 546 g/mol. The molecule has 1 fully saturated rings. The minimum atomic E-state index is -4.57. The van der Waals surface area contributed by atoms with Gasteiger partial charge in [-0.1, -0.05) is 55.1 Å². The molecule has 0 saturated heterocycles. The van der Waals surface area contributed by atoms with Crippen LogP contribution in [0.1, 0.15) is 23.5 Å². The zero-order valence-corrected chi connectivity index (χ0v) is 17.9. The van der Waals surface area contributed by atoms with Crippen LogP contribution in [0, 0.1) is 5.82 Å². The van der Waals surface area contributed by atoms with E-state index in [1.54, 1.807) is 16.8 Å². The number of rotatable bonds is 2. The Balaban J connectivity index is 1.96. The van der Waals surface area contributed by atoms with Gasteiger partial charge >= 0.3 is 6.18 Å². The van der Waals surface area contributed by atoms with Crippen LogP contribution in [0.2, 0.25) is 10.0 Å². The third kappa shape index (κ3) is 3.41. The van der Waals surface area contributed by atoms with Crippen LogP contribution >= 0.6 is 55.1 Å². The first-order chi connectivity index (χ1) is 12.5. The fourth-order valence-corrected chi connectivity index (χ4v) is 5.01. The highest BCUT2D eigenvalue weighted by Gasteiger charge is 2.52. The Morgan fingerprint density at radius 3 is 2.19 bits per heavy atom. The topological polar surface area (TPSA) is 4.93 Å². The molecule has 1 saturated carbocycles. The van der Waals surface area contributed by atoms with E-state index < -0.39 is 17.6 Å². The number of hydrogen-bond donors (Lipinski definition) is 0. The minimum absolute atomic E-state index is 0.124. The fourth-order valence-electron chi connectivity index (χ4n) is 3.20. The zero-order chi connectivity index (χ0) is 19.7. The Kier molecular flexibility index (Phi) is 4.61. The van der Waals surface area contributed by atoms with Crippen molar-refractivity contribution in [1.82, 2.24) is 4.57 Å². The summed E-state index contributed by atoms with van der Waals surface area (Å²) in [6.07, 6.45) is -2.00. The number of nitrogens with zero attached hydrogens (tertiary/aromatic N) is 1. The standard InChI is InChI=1S/C18H9Br2Cl2F4N/c19-17(20)6-12(17)11-7-27(15-5-9(23)1-2-10(11)15)16-13(21)3-8(4-14(16)22)18(24,25)26/h1-5,7,12H,6H2. The van der Waals surface area contributed by atoms with Gasteiger partial charge in [0.2, 0.25) is 0 Å². The highest BCUT2D eigenvalue weighted by molar-refractivity contribution is 9.25. The smallest absolute Gasteiger partial charge is 0.313 e. The molecule has 0 aliphatic heterocycles. The van der Waals surface area contributed by atoms with Crippen molar-refractivity contribution in [2.24, 2.45) is 0 Å². The molecule has 1 atom stereocenters. The van der Waals surface area contributed by atoms with Gasteiger partial charge in [-0.05, 0) is 42.3 Å². The minimum Gasteiger partial charge on any atom is -0.313 e. The summed E-state index contributed by atoms with van der Waals surface area (Å²) in [6.45, 7) is 0. The number of aromatic nitrogens is 1. The second-order valence-electron chi connectivity index (χ2n) is 6.42. The molecule has 1 aromatic heterocycles. The molecule has 0 N–H and O–H groups in total. The number of hydrogen-bond acceptors (Lipinski definition) is 0. The first-order valence-corrected chi connectivity index (χ1v) is 10.1. The van der Waals surface area contributed by atoms with Crippen LogP contribution in [0.25, 0.3) is 16.6 Å². The molecule has 1 aliphatic carbocycles. The van der Waals surface area contributed by atoms with Crippen molar-refractivity contribution < 1.29 is 17.6 Å². The third-order valence-corrected chi connectivity index (χ3v) is 6.91. The Morgan fingerprint density at radius 1 is 1.07 bits per heavy atom. The Hall–Kier alpha value is -0.760. The summed E-state index contributed by atoms with van der Waals surface area (Å²) in [4.78, 5) is 0. The summed E-state index contributed by atoms with van der Waals surface area (Å²) in [5, 5.41) is 0.457. The number of benzene rings is 2. The Bertz CT molecular complexity index is 1050. The molecule has 0 amide bonds. The lowest BCUT2D eigenvalue weighted by atomic mass is 10.1. The average Bonchev–Trinajstić information content (AvgIpc) is 3.02. The van der Waals surface area contributed by atoms with Gasteiger partial charge in [-0.3, -0.25) is 0 Å². The Labute approximate surface area is 178 Å². The van der Waals surface area contributed by atoms with Crippen molar-refractivity contribution in [1.29, 1.82) is 0 Å². The molecule has 3 aromatic rings. The van der Waals surface area contributed by atoms with Crippen LogP contribution in [0.15, 0.2) is 36.5 Å². The summed E-state index contributed by atoms with van der Waals surface area (Å²) in [7, 11) is 0. The van der Waals surface area contributed by atoms with E-state index in [-0.39, 0.29) is 24.9 Å². The summed E-state index contributed by atoms with van der Waals surface area (Å²) in [5.41, 5.74) is 0.650. The van der Waals surface area contributed by atoms with E-state index in [2.05, 4.69) is 31.9 Å². The van der Waals surface area contributed by atoms with E-state index in [0.717, 1.165) is 29.5 Å². The van der Waals surface area contributed by atoms with E-state index in [1.807, 2.05) is 0 Å². The second kappa shape index (κ2) is 6.37.